The standard InChI is InChI=1S/C24H33NO3.C9H11F/c1-9-17(4)23(25-21-13-11-10-12-18(21)5)19(6)15-20(24(26)28-8)22(27-7)14-16(2)3;1-2-3-8-4-6-9(10)7-5-8/h10-15,17H,9H2,1-8H3;4-7H,2-3H2,1H3/b19-15+,22-20-,25-23?;. The fraction of sp³-hybridized carbons (Fsp3) is 0.394. The van der Waals surface area contributed by atoms with E-state index in [4.69, 9.17) is 14.5 Å². The van der Waals surface area contributed by atoms with Crippen LogP contribution < -0.4 is 0 Å². The Morgan fingerprint density at radius 1 is 0.974 bits per heavy atom. The van der Waals surface area contributed by atoms with Gasteiger partial charge in [-0.1, -0.05) is 63.1 Å². The van der Waals surface area contributed by atoms with Gasteiger partial charge in [-0.3, -0.25) is 4.99 Å². The third-order valence-corrected chi connectivity index (χ3v) is 5.96. The molecule has 0 aliphatic rings. The summed E-state index contributed by atoms with van der Waals surface area (Å²) in [5, 5.41) is 0. The Balaban J connectivity index is 0.000000600. The smallest absolute Gasteiger partial charge is 0.341 e. The van der Waals surface area contributed by atoms with Crippen LogP contribution >= 0.6 is 0 Å². The summed E-state index contributed by atoms with van der Waals surface area (Å²) in [5.74, 6) is 0.128. The van der Waals surface area contributed by atoms with E-state index in [1.165, 1.54) is 24.8 Å². The monoisotopic (exact) mass is 521 g/mol. The van der Waals surface area contributed by atoms with E-state index in [2.05, 4.69) is 20.8 Å². The Hall–Kier alpha value is -3.47. The number of esters is 1. The molecule has 0 bridgehead atoms. The summed E-state index contributed by atoms with van der Waals surface area (Å²) in [6.45, 7) is 14.3. The number of aryl methyl sites for hydroxylation is 2. The summed E-state index contributed by atoms with van der Waals surface area (Å²) < 4.78 is 22.8. The van der Waals surface area contributed by atoms with E-state index in [1.807, 2.05) is 76.2 Å². The van der Waals surface area contributed by atoms with Gasteiger partial charge < -0.3 is 9.47 Å². The first kappa shape index (κ1) is 32.6. The summed E-state index contributed by atoms with van der Waals surface area (Å²) in [4.78, 5) is 17.4. The molecular weight excluding hydrogens is 477 g/mol. The first-order chi connectivity index (χ1) is 18.1. The van der Waals surface area contributed by atoms with Gasteiger partial charge >= 0.3 is 5.97 Å². The van der Waals surface area contributed by atoms with E-state index >= 15 is 0 Å². The Kier molecular flexibility index (Phi) is 14.7. The molecular formula is C33H44FNO3. The predicted octanol–water partition coefficient (Wildman–Crippen LogP) is 8.88. The van der Waals surface area contributed by atoms with Crippen molar-refractivity contribution in [1.29, 1.82) is 0 Å². The second-order valence-electron chi connectivity index (χ2n) is 9.49. The normalized spacial score (nSPS) is 13.0. The Labute approximate surface area is 229 Å². The molecule has 0 fully saturated rings. The SMILES string of the molecule is CCC(C)C(=Nc1ccccc1C)/C(C)=C/C(C(=O)OC)=C(\C=C(C)C)OC.CCCc1ccc(F)cc1. The topological polar surface area (TPSA) is 47.9 Å². The largest absolute Gasteiger partial charge is 0.496 e. The third-order valence-electron chi connectivity index (χ3n) is 5.96. The maximum absolute atomic E-state index is 12.4. The molecule has 2 aromatic rings. The molecule has 0 saturated carbocycles. The van der Waals surface area contributed by atoms with Gasteiger partial charge in [0.25, 0.3) is 0 Å². The molecule has 0 aliphatic carbocycles. The van der Waals surface area contributed by atoms with E-state index in [0.29, 0.717) is 11.3 Å². The second-order valence-corrected chi connectivity index (χ2v) is 9.49. The van der Waals surface area contributed by atoms with Gasteiger partial charge in [-0.25, -0.2) is 9.18 Å². The van der Waals surface area contributed by atoms with Crippen molar-refractivity contribution < 1.29 is 18.7 Å². The molecule has 1 unspecified atom stereocenters. The number of carbonyl (C=O) groups is 1. The lowest BCUT2D eigenvalue weighted by Gasteiger charge is -2.16. The second kappa shape index (κ2) is 17.1. The molecule has 38 heavy (non-hydrogen) atoms. The van der Waals surface area contributed by atoms with Crippen LogP contribution in [-0.4, -0.2) is 25.9 Å². The first-order valence-electron chi connectivity index (χ1n) is 13.2. The van der Waals surface area contributed by atoms with Crippen molar-refractivity contribution in [1.82, 2.24) is 0 Å². The van der Waals surface area contributed by atoms with E-state index in [0.717, 1.165) is 47.4 Å². The zero-order valence-electron chi connectivity index (χ0n) is 24.5. The fourth-order valence-corrected chi connectivity index (χ4v) is 3.68. The van der Waals surface area contributed by atoms with Gasteiger partial charge in [0.15, 0.2) is 0 Å². The molecule has 0 amide bonds. The number of aliphatic imine (C=N–C) groups is 1. The Morgan fingerprint density at radius 3 is 2.11 bits per heavy atom. The van der Waals surface area contributed by atoms with Crippen molar-refractivity contribution >= 4 is 17.4 Å². The Morgan fingerprint density at radius 2 is 1.61 bits per heavy atom. The van der Waals surface area contributed by atoms with Crippen LogP contribution in [0.5, 0.6) is 0 Å². The molecule has 0 spiro atoms. The van der Waals surface area contributed by atoms with Crippen molar-refractivity contribution in [2.45, 2.75) is 67.7 Å². The lowest BCUT2D eigenvalue weighted by molar-refractivity contribution is -0.135. The van der Waals surface area contributed by atoms with Crippen molar-refractivity contribution in [3.63, 3.8) is 0 Å². The number of hydrogen-bond donors (Lipinski definition) is 0. The minimum atomic E-state index is -0.437. The zero-order valence-corrected chi connectivity index (χ0v) is 24.5. The van der Waals surface area contributed by atoms with Gasteiger partial charge in [0.05, 0.1) is 19.9 Å². The average Bonchev–Trinajstić information content (AvgIpc) is 2.90. The van der Waals surface area contributed by atoms with Gasteiger partial charge in [-0.15, -0.1) is 0 Å². The lowest BCUT2D eigenvalue weighted by atomic mass is 9.94. The molecule has 1 atom stereocenters. The lowest BCUT2D eigenvalue weighted by Crippen LogP contribution is -2.14. The molecule has 4 nitrogen and oxygen atoms in total. The predicted molar refractivity (Wildman–Crippen MR) is 157 cm³/mol. The highest BCUT2D eigenvalue weighted by atomic mass is 19.1. The number of para-hydroxylation sites is 1. The first-order valence-corrected chi connectivity index (χ1v) is 13.2. The third kappa shape index (κ3) is 10.9. The molecule has 0 saturated heterocycles. The Bertz CT molecular complexity index is 1150. The number of methoxy groups -OCH3 is 2. The fourth-order valence-electron chi connectivity index (χ4n) is 3.68. The molecule has 2 rings (SSSR count). The highest BCUT2D eigenvalue weighted by Crippen LogP contribution is 2.24. The molecule has 0 radical (unpaired) electrons. The van der Waals surface area contributed by atoms with Gasteiger partial charge in [-0.05, 0) is 93.5 Å². The molecule has 0 aromatic heterocycles. The van der Waals surface area contributed by atoms with Crippen LogP contribution in [0, 0.1) is 18.7 Å². The van der Waals surface area contributed by atoms with Crippen LogP contribution in [0.1, 0.15) is 65.5 Å². The number of carbonyl (C=O) groups excluding carboxylic acids is 1. The summed E-state index contributed by atoms with van der Waals surface area (Å²) in [7, 11) is 2.93. The summed E-state index contributed by atoms with van der Waals surface area (Å²) in [6.07, 6.45) is 6.75. The number of halogens is 1. The van der Waals surface area contributed by atoms with Gasteiger partial charge in [-0.2, -0.15) is 0 Å². The van der Waals surface area contributed by atoms with Crippen LogP contribution in [0.3, 0.4) is 0 Å². The number of ether oxygens (including phenoxy) is 2. The van der Waals surface area contributed by atoms with Crippen molar-refractivity contribution in [3.8, 4) is 0 Å². The van der Waals surface area contributed by atoms with Crippen molar-refractivity contribution in [2.75, 3.05) is 14.2 Å². The van der Waals surface area contributed by atoms with Crippen LogP contribution in [0.4, 0.5) is 10.1 Å². The van der Waals surface area contributed by atoms with Crippen LogP contribution in [0.25, 0.3) is 0 Å². The maximum atomic E-state index is 12.4. The quantitative estimate of drug-likeness (QED) is 0.103. The van der Waals surface area contributed by atoms with E-state index in [1.54, 1.807) is 7.11 Å². The molecule has 0 heterocycles. The van der Waals surface area contributed by atoms with Crippen molar-refractivity contribution in [2.24, 2.45) is 10.9 Å². The number of benzene rings is 2. The molecule has 206 valence electrons. The summed E-state index contributed by atoms with van der Waals surface area (Å²) in [5.41, 5.74) is 6.53. The summed E-state index contributed by atoms with van der Waals surface area (Å²) >= 11 is 0. The number of nitrogens with zero attached hydrogens (tertiary/aromatic N) is 1. The minimum Gasteiger partial charge on any atom is -0.496 e. The zero-order chi connectivity index (χ0) is 28.7. The van der Waals surface area contributed by atoms with Gasteiger partial charge in [0.2, 0.25) is 0 Å². The summed E-state index contributed by atoms with van der Waals surface area (Å²) in [6, 6.07) is 14.7. The van der Waals surface area contributed by atoms with Crippen LogP contribution in [0.15, 0.2) is 88.2 Å². The van der Waals surface area contributed by atoms with Crippen molar-refractivity contribution in [3.05, 3.63) is 100 Å². The average molecular weight is 522 g/mol. The van der Waals surface area contributed by atoms with Crippen LogP contribution in [0.2, 0.25) is 0 Å². The van der Waals surface area contributed by atoms with Crippen LogP contribution in [-0.2, 0) is 20.7 Å². The number of hydrogen-bond acceptors (Lipinski definition) is 4. The number of allylic oxidation sites excluding steroid dienone is 3. The van der Waals surface area contributed by atoms with Gasteiger partial charge in [0.1, 0.15) is 17.1 Å². The van der Waals surface area contributed by atoms with E-state index < -0.39 is 5.97 Å². The highest BCUT2D eigenvalue weighted by Gasteiger charge is 2.18. The van der Waals surface area contributed by atoms with Gasteiger partial charge in [0, 0.05) is 5.71 Å². The number of rotatable bonds is 10. The molecule has 0 N–H and O–H groups in total. The van der Waals surface area contributed by atoms with E-state index in [-0.39, 0.29) is 11.7 Å². The molecule has 0 aliphatic heterocycles. The highest BCUT2D eigenvalue weighted by molar-refractivity contribution is 6.05. The molecule has 2 aromatic carbocycles. The molecule has 5 heteroatoms. The maximum Gasteiger partial charge on any atom is 0.341 e. The minimum absolute atomic E-state index is 0.153. The van der Waals surface area contributed by atoms with E-state index in [9.17, 15) is 9.18 Å².